The lowest BCUT2D eigenvalue weighted by molar-refractivity contribution is 0.0989. The predicted octanol–water partition coefficient (Wildman–Crippen LogP) is 3.99. The molecule has 3 rings (SSSR count). The van der Waals surface area contributed by atoms with E-state index in [2.05, 4.69) is 6.07 Å². The summed E-state index contributed by atoms with van der Waals surface area (Å²) in [5.74, 6) is 0.0547. The van der Waals surface area contributed by atoms with Crippen LogP contribution in [0.15, 0.2) is 36.4 Å². The van der Waals surface area contributed by atoms with Crippen LogP contribution in [0.1, 0.15) is 21.7 Å². The zero-order valence-corrected chi connectivity index (χ0v) is 11.3. The number of carbonyl (C=O) groups is 1. The second kappa shape index (κ2) is 4.75. The van der Waals surface area contributed by atoms with Crippen molar-refractivity contribution in [2.75, 3.05) is 11.4 Å². The van der Waals surface area contributed by atoms with Crippen LogP contribution in [0.5, 0.6) is 0 Å². The fraction of sp³-hybridized carbons (Fsp3) is 0.214. The number of anilines is 1. The van der Waals surface area contributed by atoms with E-state index >= 15 is 0 Å². The molecule has 0 unspecified atom stereocenters. The number of aryl methyl sites for hydroxylation is 1. The van der Waals surface area contributed by atoms with Crippen molar-refractivity contribution in [2.24, 2.45) is 0 Å². The SMILES string of the molecule is O=C(c1ccc(Cl)s1)N1CCCc2ccccc21. The first-order chi connectivity index (χ1) is 8.75. The molecule has 2 nitrogen and oxygen atoms in total. The van der Waals surface area contributed by atoms with E-state index in [0.717, 1.165) is 25.1 Å². The first-order valence-corrected chi connectivity index (χ1v) is 7.10. The van der Waals surface area contributed by atoms with Crippen LogP contribution in [-0.2, 0) is 6.42 Å². The molecule has 0 radical (unpaired) electrons. The normalized spacial score (nSPS) is 14.4. The highest BCUT2D eigenvalue weighted by Gasteiger charge is 2.24. The number of nitrogens with zero attached hydrogens (tertiary/aromatic N) is 1. The van der Waals surface area contributed by atoms with Gasteiger partial charge in [0.2, 0.25) is 0 Å². The number of rotatable bonds is 1. The fourth-order valence-corrected chi connectivity index (χ4v) is 3.30. The van der Waals surface area contributed by atoms with Crippen molar-refractivity contribution in [3.05, 3.63) is 51.2 Å². The molecule has 18 heavy (non-hydrogen) atoms. The van der Waals surface area contributed by atoms with E-state index in [1.807, 2.05) is 23.1 Å². The molecule has 1 aliphatic heterocycles. The quantitative estimate of drug-likeness (QED) is 0.772. The number of carbonyl (C=O) groups excluding carboxylic acids is 1. The van der Waals surface area contributed by atoms with Crippen molar-refractivity contribution in [1.82, 2.24) is 0 Å². The van der Waals surface area contributed by atoms with Gasteiger partial charge in [0.25, 0.3) is 5.91 Å². The maximum absolute atomic E-state index is 12.5. The van der Waals surface area contributed by atoms with Crippen LogP contribution in [0.4, 0.5) is 5.69 Å². The monoisotopic (exact) mass is 277 g/mol. The van der Waals surface area contributed by atoms with Gasteiger partial charge in [-0.1, -0.05) is 29.8 Å². The average Bonchev–Trinajstić information content (AvgIpc) is 2.84. The second-order valence-electron chi connectivity index (χ2n) is 4.29. The zero-order valence-electron chi connectivity index (χ0n) is 9.73. The van der Waals surface area contributed by atoms with Gasteiger partial charge in [-0.3, -0.25) is 4.79 Å². The van der Waals surface area contributed by atoms with Crippen LogP contribution in [0, 0.1) is 0 Å². The van der Waals surface area contributed by atoms with Crippen molar-refractivity contribution < 1.29 is 4.79 Å². The topological polar surface area (TPSA) is 20.3 Å². The second-order valence-corrected chi connectivity index (χ2v) is 6.01. The van der Waals surface area contributed by atoms with Gasteiger partial charge in [0.1, 0.15) is 0 Å². The van der Waals surface area contributed by atoms with Gasteiger partial charge in [-0.15, -0.1) is 11.3 Å². The van der Waals surface area contributed by atoms with Crippen LogP contribution >= 0.6 is 22.9 Å². The molecule has 1 aliphatic rings. The summed E-state index contributed by atoms with van der Waals surface area (Å²) in [6, 6.07) is 11.7. The highest BCUT2D eigenvalue weighted by atomic mass is 35.5. The third-order valence-corrected chi connectivity index (χ3v) is 4.36. The van der Waals surface area contributed by atoms with Crippen molar-refractivity contribution >= 4 is 34.5 Å². The maximum atomic E-state index is 12.5. The molecule has 0 N–H and O–H groups in total. The molecule has 1 aromatic heterocycles. The van der Waals surface area contributed by atoms with Gasteiger partial charge in [0.15, 0.2) is 0 Å². The van der Waals surface area contributed by atoms with Crippen LogP contribution in [0.3, 0.4) is 0 Å². The van der Waals surface area contributed by atoms with Crippen LogP contribution < -0.4 is 4.90 Å². The lowest BCUT2D eigenvalue weighted by Crippen LogP contribution is -2.34. The standard InChI is InChI=1S/C14H12ClNOS/c15-13-8-7-12(18-13)14(17)16-9-3-5-10-4-1-2-6-11(10)16/h1-2,4,6-8H,3,5,9H2. The van der Waals surface area contributed by atoms with E-state index in [1.165, 1.54) is 16.9 Å². The molecule has 92 valence electrons. The number of thiophene rings is 1. The highest BCUT2D eigenvalue weighted by molar-refractivity contribution is 7.18. The Balaban J connectivity index is 1.96. The molecule has 0 bridgehead atoms. The molecule has 0 atom stereocenters. The summed E-state index contributed by atoms with van der Waals surface area (Å²) in [7, 11) is 0. The largest absolute Gasteiger partial charge is 0.307 e. The van der Waals surface area contributed by atoms with Gasteiger partial charge in [-0.05, 0) is 36.6 Å². The number of fused-ring (bicyclic) bond motifs is 1. The Bertz CT molecular complexity index is 593. The van der Waals surface area contributed by atoms with Gasteiger partial charge in [-0.2, -0.15) is 0 Å². The molecule has 0 fully saturated rings. The fourth-order valence-electron chi connectivity index (χ4n) is 2.31. The van der Waals surface area contributed by atoms with E-state index in [9.17, 15) is 4.79 Å². The van der Waals surface area contributed by atoms with Crippen LogP contribution in [0.25, 0.3) is 0 Å². The molecule has 2 aromatic rings. The minimum absolute atomic E-state index is 0.0547. The summed E-state index contributed by atoms with van der Waals surface area (Å²) in [5, 5.41) is 0. The van der Waals surface area contributed by atoms with Crippen molar-refractivity contribution in [1.29, 1.82) is 0 Å². The summed E-state index contributed by atoms with van der Waals surface area (Å²) in [5.41, 5.74) is 2.29. The Morgan fingerprint density at radius 3 is 2.83 bits per heavy atom. The Hall–Kier alpha value is -1.32. The highest BCUT2D eigenvalue weighted by Crippen LogP contribution is 2.30. The van der Waals surface area contributed by atoms with Gasteiger partial charge >= 0.3 is 0 Å². The van der Waals surface area contributed by atoms with E-state index in [1.54, 1.807) is 12.1 Å². The molecule has 2 heterocycles. The predicted molar refractivity (Wildman–Crippen MR) is 75.8 cm³/mol. The summed E-state index contributed by atoms with van der Waals surface area (Å²) in [6.45, 7) is 0.783. The van der Waals surface area contributed by atoms with Gasteiger partial charge in [0, 0.05) is 12.2 Å². The Labute approximate surface area is 115 Å². The lowest BCUT2D eigenvalue weighted by Gasteiger charge is -2.29. The third-order valence-electron chi connectivity index (χ3n) is 3.14. The third kappa shape index (κ3) is 2.04. The number of para-hydroxylation sites is 1. The Morgan fingerprint density at radius 1 is 1.22 bits per heavy atom. The van der Waals surface area contributed by atoms with Crippen molar-refractivity contribution in [3.63, 3.8) is 0 Å². The minimum Gasteiger partial charge on any atom is -0.307 e. The van der Waals surface area contributed by atoms with E-state index in [-0.39, 0.29) is 5.91 Å². The number of hydrogen-bond donors (Lipinski definition) is 0. The first kappa shape index (κ1) is 11.8. The maximum Gasteiger partial charge on any atom is 0.268 e. The molecule has 1 amide bonds. The first-order valence-electron chi connectivity index (χ1n) is 5.91. The van der Waals surface area contributed by atoms with E-state index in [4.69, 9.17) is 11.6 Å². The summed E-state index contributed by atoms with van der Waals surface area (Å²) >= 11 is 7.23. The molecule has 0 aliphatic carbocycles. The molecule has 1 aromatic carbocycles. The zero-order chi connectivity index (χ0) is 12.5. The van der Waals surface area contributed by atoms with Gasteiger partial charge < -0.3 is 4.90 Å². The summed E-state index contributed by atoms with van der Waals surface area (Å²) in [4.78, 5) is 15.0. The summed E-state index contributed by atoms with van der Waals surface area (Å²) in [6.07, 6.45) is 2.06. The molecule has 4 heteroatoms. The molecule has 0 spiro atoms. The van der Waals surface area contributed by atoms with Crippen LogP contribution in [-0.4, -0.2) is 12.5 Å². The number of hydrogen-bond acceptors (Lipinski definition) is 2. The number of amides is 1. The number of benzene rings is 1. The lowest BCUT2D eigenvalue weighted by atomic mass is 10.0. The molecule has 0 saturated carbocycles. The smallest absolute Gasteiger partial charge is 0.268 e. The minimum atomic E-state index is 0.0547. The summed E-state index contributed by atoms with van der Waals surface area (Å²) < 4.78 is 0.656. The van der Waals surface area contributed by atoms with E-state index < -0.39 is 0 Å². The van der Waals surface area contributed by atoms with E-state index in [0.29, 0.717) is 9.21 Å². The van der Waals surface area contributed by atoms with Gasteiger partial charge in [0.05, 0.1) is 9.21 Å². The van der Waals surface area contributed by atoms with Crippen molar-refractivity contribution in [3.8, 4) is 0 Å². The van der Waals surface area contributed by atoms with Crippen molar-refractivity contribution in [2.45, 2.75) is 12.8 Å². The molecule has 0 saturated heterocycles. The van der Waals surface area contributed by atoms with Crippen LogP contribution in [0.2, 0.25) is 4.34 Å². The Kier molecular flexibility index (Phi) is 3.10. The Morgan fingerprint density at radius 2 is 2.06 bits per heavy atom. The number of halogens is 1. The van der Waals surface area contributed by atoms with Gasteiger partial charge in [-0.25, -0.2) is 0 Å². The molecular formula is C14H12ClNOS. The average molecular weight is 278 g/mol. The molecular weight excluding hydrogens is 266 g/mol.